The number of nitrogens with zero attached hydrogens (tertiary/aromatic N) is 2. The summed E-state index contributed by atoms with van der Waals surface area (Å²) in [5, 5.41) is 8.82. The minimum absolute atomic E-state index is 0.377. The van der Waals surface area contributed by atoms with Gasteiger partial charge in [-0.2, -0.15) is 0 Å². The Morgan fingerprint density at radius 1 is 1.06 bits per heavy atom. The highest BCUT2D eigenvalue weighted by atomic mass is 79.9. The molecule has 2 aromatic rings. The molecule has 0 aliphatic heterocycles. The van der Waals surface area contributed by atoms with Gasteiger partial charge < -0.3 is 4.74 Å². The number of ether oxygens (including phenoxy) is 1. The number of hydrogen-bond acceptors (Lipinski definition) is 2. The summed E-state index contributed by atoms with van der Waals surface area (Å²) >= 11 is 3.36. The second kappa shape index (κ2) is 5.46. The minimum atomic E-state index is 0.377. The van der Waals surface area contributed by atoms with Crippen LogP contribution in [0.1, 0.15) is 5.56 Å². The maximum Gasteiger partial charge on any atom is 0.391 e. The van der Waals surface area contributed by atoms with Crippen LogP contribution in [0.2, 0.25) is 0 Å². The van der Waals surface area contributed by atoms with Crippen LogP contribution in [-0.4, -0.2) is 0 Å². The van der Waals surface area contributed by atoms with E-state index in [0.717, 1.165) is 15.8 Å². The van der Waals surface area contributed by atoms with E-state index in [-0.39, 0.29) is 0 Å². The van der Waals surface area contributed by atoms with Crippen molar-refractivity contribution < 1.29 is 4.74 Å². The molecular weight excluding hydrogens is 280 g/mol. The van der Waals surface area contributed by atoms with Gasteiger partial charge in [-0.3, -0.25) is 0 Å². The van der Waals surface area contributed by atoms with Gasteiger partial charge in [-0.15, -0.1) is 0 Å². The third-order valence-corrected chi connectivity index (χ3v) is 2.84. The second-order valence-corrected chi connectivity index (χ2v) is 4.39. The van der Waals surface area contributed by atoms with Gasteiger partial charge in [-0.1, -0.05) is 28.1 Å². The molecule has 2 aromatic carbocycles. The Labute approximate surface area is 108 Å². The molecule has 0 saturated carbocycles. The summed E-state index contributed by atoms with van der Waals surface area (Å²) < 4.78 is 6.61. The van der Waals surface area contributed by atoms with Crippen molar-refractivity contribution in [2.45, 2.75) is 6.61 Å². The fourth-order valence-electron chi connectivity index (χ4n) is 1.42. The Kier molecular flexibility index (Phi) is 3.73. The lowest BCUT2D eigenvalue weighted by Gasteiger charge is -2.04. The van der Waals surface area contributed by atoms with Gasteiger partial charge >= 0.3 is 5.69 Å². The molecule has 0 bridgehead atoms. The van der Waals surface area contributed by atoms with E-state index in [9.17, 15) is 0 Å². The average molecular weight is 290 g/mol. The predicted molar refractivity (Wildman–Crippen MR) is 69.7 cm³/mol. The predicted octanol–water partition coefficient (Wildman–Crippen LogP) is 4.51. The molecule has 0 radical (unpaired) electrons. The van der Waals surface area contributed by atoms with Crippen LogP contribution in [0, 0.1) is 5.39 Å². The zero-order valence-corrected chi connectivity index (χ0v) is 10.6. The molecule has 0 spiro atoms. The summed E-state index contributed by atoms with van der Waals surface area (Å²) in [6, 6.07) is 14.9. The largest absolute Gasteiger partial charge is 0.489 e. The van der Waals surface area contributed by atoms with Crippen molar-refractivity contribution in [2.75, 3.05) is 0 Å². The van der Waals surface area contributed by atoms with E-state index in [4.69, 9.17) is 10.1 Å². The van der Waals surface area contributed by atoms with E-state index in [2.05, 4.69) is 20.9 Å². The van der Waals surface area contributed by atoms with E-state index >= 15 is 0 Å². The van der Waals surface area contributed by atoms with Crippen LogP contribution < -0.4 is 4.74 Å². The van der Waals surface area contributed by atoms with Crippen molar-refractivity contribution in [1.29, 1.82) is 5.39 Å². The first-order valence-corrected chi connectivity index (χ1v) is 5.90. The van der Waals surface area contributed by atoms with E-state index < -0.39 is 0 Å². The molecule has 0 saturated heterocycles. The molecule has 17 heavy (non-hydrogen) atoms. The van der Waals surface area contributed by atoms with Crippen LogP contribution >= 0.6 is 15.9 Å². The zero-order chi connectivity index (χ0) is 12.1. The van der Waals surface area contributed by atoms with Crippen LogP contribution in [0.15, 0.2) is 53.0 Å². The molecule has 4 heteroatoms. The van der Waals surface area contributed by atoms with Crippen molar-refractivity contribution in [1.82, 2.24) is 0 Å². The van der Waals surface area contributed by atoms with Crippen molar-refractivity contribution in [2.24, 2.45) is 0 Å². The number of diazo groups is 1. The molecule has 0 N–H and O–H groups in total. The summed E-state index contributed by atoms with van der Waals surface area (Å²) in [5.41, 5.74) is 1.38. The van der Waals surface area contributed by atoms with Gasteiger partial charge in [0.2, 0.25) is 5.39 Å². The number of benzene rings is 2. The Bertz CT molecular complexity index is 546. The van der Waals surface area contributed by atoms with E-state index in [1.54, 1.807) is 6.07 Å². The lowest BCUT2D eigenvalue weighted by Crippen LogP contribution is -1.95. The molecule has 0 atom stereocenters. The third kappa shape index (κ3) is 3.05. The summed E-state index contributed by atoms with van der Waals surface area (Å²) in [7, 11) is 0. The van der Waals surface area contributed by atoms with Gasteiger partial charge in [0.15, 0.2) is 4.98 Å². The molecule has 2 rings (SSSR count). The van der Waals surface area contributed by atoms with Gasteiger partial charge in [0.25, 0.3) is 0 Å². The fraction of sp³-hybridized carbons (Fsp3) is 0.0769. The van der Waals surface area contributed by atoms with Gasteiger partial charge in [-0.05, 0) is 30.3 Å². The van der Waals surface area contributed by atoms with E-state index in [1.807, 2.05) is 42.5 Å². The molecule has 0 heterocycles. The molecule has 0 fully saturated rings. The quantitative estimate of drug-likeness (QED) is 0.780. The van der Waals surface area contributed by atoms with E-state index in [0.29, 0.717) is 12.3 Å². The summed E-state index contributed by atoms with van der Waals surface area (Å²) in [6.07, 6.45) is 0. The van der Waals surface area contributed by atoms with Gasteiger partial charge in [0, 0.05) is 10.5 Å². The molecule has 84 valence electrons. The minimum Gasteiger partial charge on any atom is -0.489 e. The normalized spacial score (nSPS) is 9.65. The van der Waals surface area contributed by atoms with Crippen LogP contribution in [0.3, 0.4) is 0 Å². The summed E-state index contributed by atoms with van der Waals surface area (Å²) in [6.45, 7) is 0.377. The highest BCUT2D eigenvalue weighted by Gasteiger charge is 2.12. The highest BCUT2D eigenvalue weighted by molar-refractivity contribution is 9.10. The molecule has 0 amide bonds. The first kappa shape index (κ1) is 11.6. The van der Waals surface area contributed by atoms with Crippen molar-refractivity contribution >= 4 is 21.6 Å². The number of rotatable bonds is 3. The second-order valence-electron chi connectivity index (χ2n) is 3.47. The van der Waals surface area contributed by atoms with Crippen LogP contribution in [0.25, 0.3) is 4.98 Å². The maximum atomic E-state index is 8.82. The van der Waals surface area contributed by atoms with Crippen molar-refractivity contribution in [3.05, 3.63) is 63.5 Å². The van der Waals surface area contributed by atoms with Crippen molar-refractivity contribution in [3.63, 3.8) is 0 Å². The van der Waals surface area contributed by atoms with Gasteiger partial charge in [0.05, 0.1) is 5.56 Å². The van der Waals surface area contributed by atoms with Crippen LogP contribution in [-0.2, 0) is 6.61 Å². The number of halogens is 1. The van der Waals surface area contributed by atoms with Crippen LogP contribution in [0.4, 0.5) is 5.69 Å². The average Bonchev–Trinajstić information content (AvgIpc) is 2.38. The smallest absolute Gasteiger partial charge is 0.391 e. The Hall–Kier alpha value is -1.86. The SMILES string of the molecule is N#[N+]c1ccccc1COc1ccc(Br)cc1. The molecule has 0 aliphatic carbocycles. The maximum absolute atomic E-state index is 8.82. The Morgan fingerprint density at radius 2 is 1.76 bits per heavy atom. The summed E-state index contributed by atoms with van der Waals surface area (Å²) in [5.74, 6) is 0.779. The molecule has 0 aliphatic rings. The first-order valence-electron chi connectivity index (χ1n) is 5.11. The molecule has 0 aromatic heterocycles. The molecule has 0 unspecified atom stereocenters. The van der Waals surface area contributed by atoms with Gasteiger partial charge in [0.1, 0.15) is 12.4 Å². The molecule has 3 nitrogen and oxygen atoms in total. The summed E-state index contributed by atoms with van der Waals surface area (Å²) in [4.78, 5) is 3.21. The Morgan fingerprint density at radius 3 is 2.47 bits per heavy atom. The lowest BCUT2D eigenvalue weighted by atomic mass is 10.2. The third-order valence-electron chi connectivity index (χ3n) is 2.31. The van der Waals surface area contributed by atoms with Crippen molar-refractivity contribution in [3.8, 4) is 5.75 Å². The van der Waals surface area contributed by atoms with E-state index in [1.165, 1.54) is 0 Å². The fourth-order valence-corrected chi connectivity index (χ4v) is 1.69. The van der Waals surface area contributed by atoms with Gasteiger partial charge in [-0.25, -0.2) is 0 Å². The lowest BCUT2D eigenvalue weighted by molar-refractivity contribution is 0.307. The first-order chi connectivity index (χ1) is 8.29. The highest BCUT2D eigenvalue weighted by Crippen LogP contribution is 2.22. The molecular formula is C13H10BrN2O+. The zero-order valence-electron chi connectivity index (χ0n) is 9.01. The Balaban J connectivity index is 2.08. The number of hydrogen-bond donors (Lipinski definition) is 0. The van der Waals surface area contributed by atoms with Crippen LogP contribution in [0.5, 0.6) is 5.75 Å². The monoisotopic (exact) mass is 289 g/mol. The topological polar surface area (TPSA) is 37.4 Å². The standard InChI is InChI=1S/C13H10BrN2O/c14-11-5-7-12(8-6-11)17-9-10-3-1-2-4-13(10)16-15/h1-8H,9H2/q+1.